The number of halogens is 3. The summed E-state index contributed by atoms with van der Waals surface area (Å²) >= 11 is -0.0774. The van der Waals surface area contributed by atoms with Gasteiger partial charge in [-0.25, -0.2) is 0 Å². The molecule has 1 heterocycles. The molecule has 20 heavy (non-hydrogen) atoms. The Morgan fingerprint density at radius 1 is 1.30 bits per heavy atom. The Labute approximate surface area is 121 Å². The Hall–Kier alpha value is -0.720. The highest BCUT2D eigenvalue weighted by Crippen LogP contribution is 2.36. The van der Waals surface area contributed by atoms with E-state index in [4.69, 9.17) is 5.73 Å². The van der Waals surface area contributed by atoms with Gasteiger partial charge in [0.1, 0.15) is 0 Å². The number of nitrogens with two attached hydrogens (primary N) is 1. The summed E-state index contributed by atoms with van der Waals surface area (Å²) in [4.78, 5) is 2.49. The van der Waals surface area contributed by atoms with E-state index in [0.717, 1.165) is 31.6 Å². The van der Waals surface area contributed by atoms with Crippen LogP contribution >= 0.6 is 11.8 Å². The predicted molar refractivity (Wildman–Crippen MR) is 75.4 cm³/mol. The third-order valence-corrected chi connectivity index (χ3v) is 4.40. The fourth-order valence-electron chi connectivity index (χ4n) is 2.37. The maximum atomic E-state index is 12.2. The topological polar surface area (TPSA) is 29.3 Å². The van der Waals surface area contributed by atoms with Gasteiger partial charge in [0.15, 0.2) is 0 Å². The first-order chi connectivity index (χ1) is 9.33. The van der Waals surface area contributed by atoms with Gasteiger partial charge in [-0.2, -0.15) is 13.2 Å². The summed E-state index contributed by atoms with van der Waals surface area (Å²) in [7, 11) is 0. The summed E-state index contributed by atoms with van der Waals surface area (Å²) in [6.07, 6.45) is 1.07. The van der Waals surface area contributed by atoms with Crippen LogP contribution in [0.5, 0.6) is 0 Å². The minimum absolute atomic E-state index is 0.0774. The summed E-state index contributed by atoms with van der Waals surface area (Å²) in [5, 5.41) is 0. The zero-order valence-electron chi connectivity index (χ0n) is 11.4. The highest BCUT2D eigenvalue weighted by atomic mass is 32.2. The molecule has 2 nitrogen and oxygen atoms in total. The molecule has 1 saturated heterocycles. The largest absolute Gasteiger partial charge is 0.446 e. The van der Waals surface area contributed by atoms with Crippen LogP contribution in [0.3, 0.4) is 0 Å². The van der Waals surface area contributed by atoms with E-state index in [9.17, 15) is 13.2 Å². The number of nitrogens with zero attached hydrogens (tertiary/aromatic N) is 1. The predicted octanol–water partition coefficient (Wildman–Crippen LogP) is 3.47. The van der Waals surface area contributed by atoms with Crippen LogP contribution in [0.15, 0.2) is 29.2 Å². The van der Waals surface area contributed by atoms with Crippen molar-refractivity contribution in [2.45, 2.75) is 36.3 Å². The van der Waals surface area contributed by atoms with Gasteiger partial charge in [0.25, 0.3) is 0 Å². The number of thioether (sulfide) groups is 1. The molecular formula is C14H19F3N2S. The van der Waals surface area contributed by atoms with Crippen molar-refractivity contribution in [2.24, 2.45) is 11.7 Å². The molecule has 1 aromatic carbocycles. The molecule has 112 valence electrons. The second-order valence-corrected chi connectivity index (χ2v) is 6.50. The van der Waals surface area contributed by atoms with E-state index in [1.54, 1.807) is 12.1 Å². The maximum Gasteiger partial charge on any atom is 0.446 e. The van der Waals surface area contributed by atoms with Crippen LogP contribution < -0.4 is 5.73 Å². The van der Waals surface area contributed by atoms with Gasteiger partial charge in [0.2, 0.25) is 0 Å². The van der Waals surface area contributed by atoms with E-state index in [2.05, 4.69) is 11.8 Å². The van der Waals surface area contributed by atoms with E-state index in [1.165, 1.54) is 12.1 Å². The van der Waals surface area contributed by atoms with Gasteiger partial charge in [-0.3, -0.25) is 4.90 Å². The molecule has 0 aliphatic carbocycles. The van der Waals surface area contributed by atoms with Gasteiger partial charge in [0, 0.05) is 24.0 Å². The van der Waals surface area contributed by atoms with Crippen LogP contribution in [-0.2, 0) is 6.54 Å². The van der Waals surface area contributed by atoms with Gasteiger partial charge in [-0.05, 0) is 48.3 Å². The van der Waals surface area contributed by atoms with E-state index in [1.807, 2.05) is 0 Å². The van der Waals surface area contributed by atoms with Crippen LogP contribution in [0.2, 0.25) is 0 Å². The fraction of sp³-hybridized carbons (Fsp3) is 0.571. The molecule has 0 saturated carbocycles. The summed E-state index contributed by atoms with van der Waals surface area (Å²) in [6, 6.07) is 6.76. The number of piperidine rings is 1. The van der Waals surface area contributed by atoms with Crippen molar-refractivity contribution in [1.82, 2.24) is 4.90 Å². The summed E-state index contributed by atoms with van der Waals surface area (Å²) in [5.74, 6) is 0.539. The van der Waals surface area contributed by atoms with Crippen molar-refractivity contribution < 1.29 is 13.2 Å². The van der Waals surface area contributed by atoms with Crippen LogP contribution in [0.4, 0.5) is 13.2 Å². The second kappa shape index (κ2) is 6.37. The minimum atomic E-state index is -4.22. The van der Waals surface area contributed by atoms with Crippen LogP contribution in [0.1, 0.15) is 18.9 Å². The molecule has 1 fully saturated rings. The Morgan fingerprint density at radius 2 is 1.95 bits per heavy atom. The Kier molecular flexibility index (Phi) is 4.99. The Balaban J connectivity index is 1.91. The van der Waals surface area contributed by atoms with E-state index < -0.39 is 5.51 Å². The van der Waals surface area contributed by atoms with Crippen molar-refractivity contribution >= 4 is 11.8 Å². The molecule has 0 spiro atoms. The summed E-state index contributed by atoms with van der Waals surface area (Å²) in [6.45, 7) is 4.75. The maximum absolute atomic E-state index is 12.2. The Morgan fingerprint density at radius 3 is 2.50 bits per heavy atom. The third-order valence-electron chi connectivity index (χ3n) is 3.66. The number of alkyl halides is 3. The fourth-order valence-corrected chi connectivity index (χ4v) is 2.91. The molecule has 0 aromatic heterocycles. The van der Waals surface area contributed by atoms with Crippen LogP contribution in [-0.4, -0.2) is 29.5 Å². The molecule has 6 heteroatoms. The van der Waals surface area contributed by atoms with Crippen molar-refractivity contribution in [2.75, 3.05) is 13.1 Å². The first-order valence-electron chi connectivity index (χ1n) is 6.66. The lowest BCUT2D eigenvalue weighted by molar-refractivity contribution is -0.0328. The standard InChI is InChI=1S/C14H19F3N2S/c1-10-6-7-19(9-13(10)18)8-11-2-4-12(5-3-11)20-14(15,16)17/h2-5,10,13H,6-9,18H2,1H3. The molecule has 1 aromatic rings. The lowest BCUT2D eigenvalue weighted by Gasteiger charge is -2.35. The highest BCUT2D eigenvalue weighted by molar-refractivity contribution is 8.00. The molecule has 2 atom stereocenters. The molecule has 1 aliphatic rings. The minimum Gasteiger partial charge on any atom is -0.326 e. The molecule has 2 rings (SSSR count). The summed E-state index contributed by atoms with van der Waals surface area (Å²) < 4.78 is 36.7. The van der Waals surface area contributed by atoms with Gasteiger partial charge in [0.05, 0.1) is 0 Å². The monoisotopic (exact) mass is 304 g/mol. The average Bonchev–Trinajstić information content (AvgIpc) is 2.35. The Bertz CT molecular complexity index is 433. The molecule has 2 N–H and O–H groups in total. The zero-order chi connectivity index (χ0) is 14.8. The van der Waals surface area contributed by atoms with Crippen LogP contribution in [0.25, 0.3) is 0 Å². The normalized spacial score (nSPS) is 24.9. The molecule has 0 amide bonds. The smallest absolute Gasteiger partial charge is 0.326 e. The first kappa shape index (κ1) is 15.7. The molecule has 2 unspecified atom stereocenters. The number of likely N-dealkylation sites (tertiary alicyclic amines) is 1. The third kappa shape index (κ3) is 4.68. The van der Waals surface area contributed by atoms with Gasteiger partial charge >= 0.3 is 5.51 Å². The van der Waals surface area contributed by atoms with Crippen molar-refractivity contribution in [1.29, 1.82) is 0 Å². The SMILES string of the molecule is CC1CCN(Cc2ccc(SC(F)(F)F)cc2)CC1N. The van der Waals surface area contributed by atoms with Crippen molar-refractivity contribution in [3.63, 3.8) is 0 Å². The van der Waals surface area contributed by atoms with E-state index in [-0.39, 0.29) is 22.7 Å². The van der Waals surface area contributed by atoms with Crippen molar-refractivity contribution in [3.05, 3.63) is 29.8 Å². The zero-order valence-corrected chi connectivity index (χ0v) is 12.2. The molecular weight excluding hydrogens is 285 g/mol. The first-order valence-corrected chi connectivity index (χ1v) is 7.48. The number of hydrogen-bond acceptors (Lipinski definition) is 3. The van der Waals surface area contributed by atoms with Crippen LogP contribution in [0, 0.1) is 5.92 Å². The van der Waals surface area contributed by atoms with Gasteiger partial charge in [-0.15, -0.1) is 0 Å². The highest BCUT2D eigenvalue weighted by Gasteiger charge is 2.29. The lowest BCUT2D eigenvalue weighted by Crippen LogP contribution is -2.47. The average molecular weight is 304 g/mol. The quantitative estimate of drug-likeness (QED) is 0.867. The number of hydrogen-bond donors (Lipinski definition) is 1. The number of rotatable bonds is 3. The van der Waals surface area contributed by atoms with Gasteiger partial charge in [-0.1, -0.05) is 19.1 Å². The lowest BCUT2D eigenvalue weighted by atomic mass is 9.94. The second-order valence-electron chi connectivity index (χ2n) is 5.36. The van der Waals surface area contributed by atoms with E-state index >= 15 is 0 Å². The van der Waals surface area contributed by atoms with Crippen molar-refractivity contribution in [3.8, 4) is 0 Å². The molecule has 1 aliphatic heterocycles. The molecule has 0 bridgehead atoms. The van der Waals surface area contributed by atoms with Gasteiger partial charge < -0.3 is 5.73 Å². The summed E-state index contributed by atoms with van der Waals surface area (Å²) in [5.41, 5.74) is 2.85. The van der Waals surface area contributed by atoms with E-state index in [0.29, 0.717) is 5.92 Å². The number of benzene rings is 1. The molecule has 0 radical (unpaired) electrons.